The summed E-state index contributed by atoms with van der Waals surface area (Å²) in [6.07, 6.45) is 3.18. The van der Waals surface area contributed by atoms with Crippen LogP contribution in [0.2, 0.25) is 0 Å². The molecule has 2 nitrogen and oxygen atoms in total. The Kier molecular flexibility index (Phi) is 4.51. The molecule has 2 unspecified atom stereocenters. The highest BCUT2D eigenvalue weighted by molar-refractivity contribution is 5.22. The summed E-state index contributed by atoms with van der Waals surface area (Å²) in [6, 6.07) is 6.82. The van der Waals surface area contributed by atoms with Gasteiger partial charge in [0.1, 0.15) is 5.82 Å². The van der Waals surface area contributed by atoms with E-state index in [-0.39, 0.29) is 18.3 Å². The van der Waals surface area contributed by atoms with E-state index in [2.05, 4.69) is 5.32 Å². The monoisotopic (exact) mass is 237 g/mol. The van der Waals surface area contributed by atoms with Gasteiger partial charge < -0.3 is 10.4 Å². The summed E-state index contributed by atoms with van der Waals surface area (Å²) < 4.78 is 13.8. The molecule has 0 spiro atoms. The minimum absolute atomic E-state index is 0.0333. The molecule has 1 aromatic rings. The van der Waals surface area contributed by atoms with Crippen LogP contribution in [0.25, 0.3) is 0 Å². The summed E-state index contributed by atoms with van der Waals surface area (Å²) in [5.74, 6) is 0.131. The zero-order valence-corrected chi connectivity index (χ0v) is 10.0. The first-order valence-corrected chi connectivity index (χ1v) is 6.39. The number of nitrogens with one attached hydrogen (secondary N) is 1. The number of hydrogen-bond donors (Lipinski definition) is 2. The maximum atomic E-state index is 13.8. The van der Waals surface area contributed by atoms with Gasteiger partial charge >= 0.3 is 0 Å². The van der Waals surface area contributed by atoms with Gasteiger partial charge in [0.05, 0.1) is 6.61 Å². The lowest BCUT2D eigenvalue weighted by Gasteiger charge is -2.24. The summed E-state index contributed by atoms with van der Waals surface area (Å²) in [7, 11) is 0. The predicted molar refractivity (Wildman–Crippen MR) is 66.4 cm³/mol. The van der Waals surface area contributed by atoms with Crippen LogP contribution in [-0.4, -0.2) is 24.8 Å². The van der Waals surface area contributed by atoms with E-state index in [1.807, 2.05) is 6.07 Å². The molecule has 2 atom stereocenters. The molecule has 0 aliphatic carbocycles. The largest absolute Gasteiger partial charge is 0.396 e. The number of halogens is 1. The molecule has 2 rings (SSSR count). The van der Waals surface area contributed by atoms with E-state index < -0.39 is 0 Å². The van der Waals surface area contributed by atoms with Gasteiger partial charge in [0.2, 0.25) is 0 Å². The van der Waals surface area contributed by atoms with Gasteiger partial charge in [-0.15, -0.1) is 0 Å². The fraction of sp³-hybridized carbons (Fsp3) is 0.571. The summed E-state index contributed by atoms with van der Waals surface area (Å²) in [5.41, 5.74) is 0.668. The number of rotatable bonds is 3. The molecule has 1 fully saturated rings. The van der Waals surface area contributed by atoms with Crippen LogP contribution in [0.1, 0.15) is 30.7 Å². The molecule has 0 aromatic heterocycles. The van der Waals surface area contributed by atoms with Crippen LogP contribution in [0.5, 0.6) is 0 Å². The van der Waals surface area contributed by atoms with E-state index >= 15 is 0 Å². The molecule has 1 heterocycles. The normalized spacial score (nSPS) is 23.1. The molecule has 1 saturated heterocycles. The number of benzene rings is 1. The van der Waals surface area contributed by atoms with Crippen molar-refractivity contribution in [2.45, 2.75) is 25.2 Å². The maximum absolute atomic E-state index is 13.8. The molecule has 2 N–H and O–H groups in total. The van der Waals surface area contributed by atoms with Crippen molar-refractivity contribution in [3.63, 3.8) is 0 Å². The van der Waals surface area contributed by atoms with Crippen molar-refractivity contribution in [2.24, 2.45) is 5.92 Å². The first kappa shape index (κ1) is 12.5. The van der Waals surface area contributed by atoms with Gasteiger partial charge in [-0.25, -0.2) is 4.39 Å². The van der Waals surface area contributed by atoms with E-state index in [0.29, 0.717) is 11.5 Å². The second kappa shape index (κ2) is 6.12. The van der Waals surface area contributed by atoms with Crippen molar-refractivity contribution in [3.05, 3.63) is 35.6 Å². The SMILES string of the molecule is OCC(c1ccccc1F)C1CCCNCC1. The highest BCUT2D eigenvalue weighted by atomic mass is 19.1. The summed E-state index contributed by atoms with van der Waals surface area (Å²) in [4.78, 5) is 0. The summed E-state index contributed by atoms with van der Waals surface area (Å²) >= 11 is 0. The average molecular weight is 237 g/mol. The molecule has 1 aromatic carbocycles. The van der Waals surface area contributed by atoms with Crippen molar-refractivity contribution in [3.8, 4) is 0 Å². The van der Waals surface area contributed by atoms with Gasteiger partial charge in [-0.1, -0.05) is 18.2 Å². The van der Waals surface area contributed by atoms with Gasteiger partial charge in [-0.05, 0) is 49.9 Å². The third-order valence-electron chi connectivity index (χ3n) is 3.69. The molecule has 1 aliphatic heterocycles. The Balaban J connectivity index is 2.17. The molecule has 17 heavy (non-hydrogen) atoms. The Morgan fingerprint density at radius 2 is 2.12 bits per heavy atom. The van der Waals surface area contributed by atoms with Crippen molar-refractivity contribution >= 4 is 0 Å². The molecule has 0 bridgehead atoms. The minimum Gasteiger partial charge on any atom is -0.396 e. The van der Waals surface area contributed by atoms with Crippen LogP contribution >= 0.6 is 0 Å². The lowest BCUT2D eigenvalue weighted by Crippen LogP contribution is -2.20. The van der Waals surface area contributed by atoms with Crippen LogP contribution in [0.3, 0.4) is 0 Å². The summed E-state index contributed by atoms with van der Waals surface area (Å²) in [6.45, 7) is 2.03. The third kappa shape index (κ3) is 3.05. The Hall–Kier alpha value is -0.930. The lowest BCUT2D eigenvalue weighted by molar-refractivity contribution is 0.213. The van der Waals surface area contributed by atoms with Crippen molar-refractivity contribution in [2.75, 3.05) is 19.7 Å². The molecular weight excluding hydrogens is 217 g/mol. The maximum Gasteiger partial charge on any atom is 0.126 e. The Morgan fingerprint density at radius 3 is 2.88 bits per heavy atom. The lowest BCUT2D eigenvalue weighted by atomic mass is 9.82. The standard InChI is InChI=1S/C14H20FNO/c15-14-6-2-1-5-12(14)13(10-17)11-4-3-8-16-9-7-11/h1-2,5-6,11,13,16-17H,3-4,7-10H2. The van der Waals surface area contributed by atoms with Gasteiger partial charge in [0, 0.05) is 5.92 Å². The molecular formula is C14H20FNO. The molecule has 94 valence electrons. The van der Waals surface area contributed by atoms with Crippen molar-refractivity contribution in [1.29, 1.82) is 0 Å². The van der Waals surface area contributed by atoms with Crippen LogP contribution in [0.4, 0.5) is 4.39 Å². The average Bonchev–Trinajstić information content (AvgIpc) is 2.62. The highest BCUT2D eigenvalue weighted by Gasteiger charge is 2.25. The van der Waals surface area contributed by atoms with Gasteiger partial charge in [-0.2, -0.15) is 0 Å². The van der Waals surface area contributed by atoms with Crippen LogP contribution < -0.4 is 5.32 Å². The zero-order chi connectivity index (χ0) is 12.1. The van der Waals surface area contributed by atoms with E-state index in [4.69, 9.17) is 0 Å². The molecule has 0 saturated carbocycles. The second-order valence-corrected chi connectivity index (χ2v) is 4.75. The Morgan fingerprint density at radius 1 is 1.29 bits per heavy atom. The van der Waals surface area contributed by atoms with Crippen molar-refractivity contribution < 1.29 is 9.50 Å². The molecule has 0 radical (unpaired) electrons. The predicted octanol–water partition coefficient (Wildman–Crippen LogP) is 2.29. The van der Waals surface area contributed by atoms with E-state index in [1.165, 1.54) is 6.07 Å². The number of hydrogen-bond acceptors (Lipinski definition) is 2. The van der Waals surface area contributed by atoms with Crippen LogP contribution in [0, 0.1) is 11.7 Å². The molecule has 1 aliphatic rings. The number of aliphatic hydroxyl groups excluding tert-OH is 1. The van der Waals surface area contributed by atoms with Crippen molar-refractivity contribution in [1.82, 2.24) is 5.32 Å². The Labute approximate surface area is 102 Å². The second-order valence-electron chi connectivity index (χ2n) is 4.75. The van der Waals surface area contributed by atoms with Gasteiger partial charge in [0.15, 0.2) is 0 Å². The molecule has 0 amide bonds. The van der Waals surface area contributed by atoms with Gasteiger partial charge in [0.25, 0.3) is 0 Å². The fourth-order valence-electron chi connectivity index (χ4n) is 2.73. The topological polar surface area (TPSA) is 32.3 Å². The van der Waals surface area contributed by atoms with E-state index in [1.54, 1.807) is 12.1 Å². The fourth-order valence-corrected chi connectivity index (χ4v) is 2.73. The molecule has 3 heteroatoms. The van der Waals surface area contributed by atoms with Crippen LogP contribution in [-0.2, 0) is 0 Å². The van der Waals surface area contributed by atoms with E-state index in [9.17, 15) is 9.50 Å². The number of aliphatic hydroxyl groups is 1. The van der Waals surface area contributed by atoms with Crippen LogP contribution in [0.15, 0.2) is 24.3 Å². The summed E-state index contributed by atoms with van der Waals surface area (Å²) in [5, 5.41) is 12.9. The quantitative estimate of drug-likeness (QED) is 0.845. The van der Waals surface area contributed by atoms with E-state index in [0.717, 1.165) is 32.4 Å². The Bertz CT molecular complexity index is 348. The highest BCUT2D eigenvalue weighted by Crippen LogP contribution is 2.32. The first-order valence-electron chi connectivity index (χ1n) is 6.39. The zero-order valence-electron chi connectivity index (χ0n) is 10.0. The minimum atomic E-state index is -0.191. The van der Waals surface area contributed by atoms with Gasteiger partial charge in [-0.3, -0.25) is 0 Å². The third-order valence-corrected chi connectivity index (χ3v) is 3.69. The first-order chi connectivity index (χ1) is 8.33. The smallest absolute Gasteiger partial charge is 0.126 e.